The van der Waals surface area contributed by atoms with Crippen molar-refractivity contribution in [2.24, 2.45) is 0 Å². The maximum atomic E-state index is 11.2. The van der Waals surface area contributed by atoms with Crippen molar-refractivity contribution in [3.63, 3.8) is 0 Å². The summed E-state index contributed by atoms with van der Waals surface area (Å²) in [7, 11) is 0. The summed E-state index contributed by atoms with van der Waals surface area (Å²) in [6, 6.07) is 3.69. The lowest BCUT2D eigenvalue weighted by molar-refractivity contribution is -0.140. The fourth-order valence-corrected chi connectivity index (χ4v) is 3.14. The number of thiocarbonyl (C=S) groups is 1. The maximum Gasteiger partial charge on any atom is 0.326 e. The molecule has 1 fully saturated rings. The van der Waals surface area contributed by atoms with Crippen LogP contribution in [0.15, 0.2) is 12.1 Å². The number of benzene rings is 1. The fraction of sp³-hybridized carbons (Fsp3) is 0.467. The van der Waals surface area contributed by atoms with Crippen molar-refractivity contribution in [1.29, 1.82) is 0 Å². The molecule has 0 aliphatic carbocycles. The Hall–Kier alpha value is -1.62. The summed E-state index contributed by atoms with van der Waals surface area (Å²) in [5.74, 6) is -0.802. The number of rotatable bonds is 2. The van der Waals surface area contributed by atoms with Crippen LogP contribution in [0.4, 0.5) is 5.69 Å². The van der Waals surface area contributed by atoms with Gasteiger partial charge >= 0.3 is 5.97 Å². The number of nitrogens with one attached hydrogen (secondary N) is 1. The number of carboxylic acid groups (broad SMARTS) is 1. The van der Waals surface area contributed by atoms with E-state index >= 15 is 0 Å². The minimum Gasteiger partial charge on any atom is -0.480 e. The molecule has 1 aliphatic rings. The lowest BCUT2D eigenvalue weighted by atomic mass is 10.1. The van der Waals surface area contributed by atoms with Crippen molar-refractivity contribution in [2.75, 3.05) is 11.9 Å². The number of likely N-dealkylation sites (tertiary alicyclic amines) is 1. The Kier molecular flexibility index (Phi) is 4.28. The molecule has 1 aromatic carbocycles. The largest absolute Gasteiger partial charge is 0.480 e. The normalized spacial score (nSPS) is 18.1. The summed E-state index contributed by atoms with van der Waals surface area (Å²) < 4.78 is 0. The Bertz CT molecular complexity index is 534. The van der Waals surface area contributed by atoms with E-state index in [0.717, 1.165) is 23.2 Å². The van der Waals surface area contributed by atoms with Gasteiger partial charge in [0, 0.05) is 12.2 Å². The van der Waals surface area contributed by atoms with E-state index in [1.807, 2.05) is 13.8 Å². The molecule has 0 amide bonds. The molecule has 0 aromatic heterocycles. The van der Waals surface area contributed by atoms with E-state index in [4.69, 9.17) is 12.2 Å². The first-order chi connectivity index (χ1) is 9.40. The van der Waals surface area contributed by atoms with Crippen LogP contribution in [0.3, 0.4) is 0 Å². The summed E-state index contributed by atoms with van der Waals surface area (Å²) in [6.45, 7) is 6.82. The minimum atomic E-state index is -0.802. The minimum absolute atomic E-state index is 0.499. The highest BCUT2D eigenvalue weighted by Gasteiger charge is 2.32. The van der Waals surface area contributed by atoms with Gasteiger partial charge in [0.2, 0.25) is 0 Å². The van der Waals surface area contributed by atoms with Crippen LogP contribution in [-0.2, 0) is 4.79 Å². The van der Waals surface area contributed by atoms with Crippen molar-refractivity contribution < 1.29 is 9.90 Å². The molecule has 2 N–H and O–H groups in total. The Morgan fingerprint density at radius 1 is 1.35 bits per heavy atom. The van der Waals surface area contributed by atoms with Crippen LogP contribution >= 0.6 is 12.2 Å². The predicted molar refractivity (Wildman–Crippen MR) is 84.2 cm³/mol. The monoisotopic (exact) mass is 292 g/mol. The quantitative estimate of drug-likeness (QED) is 0.821. The standard InChI is InChI=1S/C15H20N2O2S/c1-9-7-10(2)13(11(3)8-9)16-15(20)17-6-4-5-12(17)14(18)19/h7-8,12H,4-6H2,1-3H3,(H,16,20)(H,18,19)/t12-/m0/s1. The Morgan fingerprint density at radius 2 is 1.95 bits per heavy atom. The van der Waals surface area contributed by atoms with Crippen LogP contribution < -0.4 is 5.32 Å². The number of aliphatic carboxylic acids is 1. The van der Waals surface area contributed by atoms with Gasteiger partial charge in [0.15, 0.2) is 5.11 Å². The number of nitrogens with zero attached hydrogens (tertiary/aromatic N) is 1. The van der Waals surface area contributed by atoms with E-state index in [-0.39, 0.29) is 0 Å². The highest BCUT2D eigenvalue weighted by molar-refractivity contribution is 7.80. The van der Waals surface area contributed by atoms with Gasteiger partial charge in [-0.25, -0.2) is 4.79 Å². The summed E-state index contributed by atoms with van der Waals surface area (Å²) in [4.78, 5) is 13.0. The highest BCUT2D eigenvalue weighted by Crippen LogP contribution is 2.24. The Labute approximate surface area is 124 Å². The van der Waals surface area contributed by atoms with Crippen LogP contribution in [0.1, 0.15) is 29.5 Å². The van der Waals surface area contributed by atoms with Gasteiger partial charge in [-0.1, -0.05) is 17.7 Å². The molecule has 1 saturated heterocycles. The molecule has 0 bridgehead atoms. The van der Waals surface area contributed by atoms with Crippen LogP contribution in [0.2, 0.25) is 0 Å². The van der Waals surface area contributed by atoms with Gasteiger partial charge in [-0.15, -0.1) is 0 Å². The maximum absolute atomic E-state index is 11.2. The first-order valence-electron chi connectivity index (χ1n) is 6.78. The van der Waals surface area contributed by atoms with Gasteiger partial charge in [0.1, 0.15) is 6.04 Å². The molecule has 108 valence electrons. The molecule has 2 rings (SSSR count). The van der Waals surface area contributed by atoms with Gasteiger partial charge in [-0.2, -0.15) is 0 Å². The van der Waals surface area contributed by atoms with Crippen LogP contribution in [-0.4, -0.2) is 33.7 Å². The van der Waals surface area contributed by atoms with Crippen LogP contribution in [0.5, 0.6) is 0 Å². The Morgan fingerprint density at radius 3 is 2.50 bits per heavy atom. The molecule has 0 radical (unpaired) electrons. The number of carbonyl (C=O) groups is 1. The zero-order chi connectivity index (χ0) is 14.9. The summed E-state index contributed by atoms with van der Waals surface area (Å²) in [6.07, 6.45) is 1.52. The van der Waals surface area contributed by atoms with E-state index < -0.39 is 12.0 Å². The number of aryl methyl sites for hydroxylation is 3. The lowest BCUT2D eigenvalue weighted by Gasteiger charge is -2.26. The smallest absolute Gasteiger partial charge is 0.326 e. The predicted octanol–water partition coefficient (Wildman–Crippen LogP) is 2.86. The summed E-state index contributed by atoms with van der Waals surface area (Å²) >= 11 is 5.40. The summed E-state index contributed by atoms with van der Waals surface area (Å²) in [5, 5.41) is 12.9. The average molecular weight is 292 g/mol. The molecular formula is C15H20N2O2S. The van der Waals surface area contributed by atoms with Crippen molar-refractivity contribution >= 4 is 29.0 Å². The number of carboxylic acids is 1. The molecule has 1 heterocycles. The van der Waals surface area contributed by atoms with Gasteiger partial charge in [0.25, 0.3) is 0 Å². The van der Waals surface area contributed by atoms with E-state index in [0.29, 0.717) is 18.1 Å². The number of anilines is 1. The third-order valence-corrected chi connectivity index (χ3v) is 4.04. The highest BCUT2D eigenvalue weighted by atomic mass is 32.1. The second kappa shape index (κ2) is 5.79. The van der Waals surface area contributed by atoms with Crippen molar-refractivity contribution in [3.05, 3.63) is 28.8 Å². The molecule has 20 heavy (non-hydrogen) atoms. The van der Waals surface area contributed by atoms with Gasteiger partial charge in [-0.05, 0) is 57.0 Å². The topological polar surface area (TPSA) is 52.6 Å². The molecule has 4 nitrogen and oxygen atoms in total. The van der Waals surface area contributed by atoms with Crippen molar-refractivity contribution in [2.45, 2.75) is 39.7 Å². The van der Waals surface area contributed by atoms with E-state index in [1.165, 1.54) is 5.56 Å². The third-order valence-electron chi connectivity index (χ3n) is 3.71. The molecule has 0 saturated carbocycles. The SMILES string of the molecule is Cc1cc(C)c(NC(=S)N2CCC[C@H]2C(=O)O)c(C)c1. The zero-order valence-corrected chi connectivity index (χ0v) is 12.9. The lowest BCUT2D eigenvalue weighted by Crippen LogP contribution is -2.42. The third kappa shape index (κ3) is 2.93. The molecule has 0 spiro atoms. The fourth-order valence-electron chi connectivity index (χ4n) is 2.82. The van der Waals surface area contributed by atoms with E-state index in [9.17, 15) is 9.90 Å². The molecule has 1 aromatic rings. The van der Waals surface area contributed by atoms with Crippen molar-refractivity contribution in [1.82, 2.24) is 4.90 Å². The van der Waals surface area contributed by atoms with Gasteiger partial charge < -0.3 is 15.3 Å². The molecule has 1 atom stereocenters. The van der Waals surface area contributed by atoms with E-state index in [2.05, 4.69) is 24.4 Å². The number of hydrogen-bond donors (Lipinski definition) is 2. The molecular weight excluding hydrogens is 272 g/mol. The first-order valence-corrected chi connectivity index (χ1v) is 7.19. The van der Waals surface area contributed by atoms with Crippen molar-refractivity contribution in [3.8, 4) is 0 Å². The average Bonchev–Trinajstić information content (AvgIpc) is 2.82. The van der Waals surface area contributed by atoms with Gasteiger partial charge in [-0.3, -0.25) is 0 Å². The second-order valence-corrected chi connectivity index (χ2v) is 5.78. The molecule has 5 heteroatoms. The molecule has 1 aliphatic heterocycles. The Balaban J connectivity index is 2.18. The second-order valence-electron chi connectivity index (χ2n) is 5.39. The van der Waals surface area contributed by atoms with E-state index in [1.54, 1.807) is 4.90 Å². The van der Waals surface area contributed by atoms with Crippen LogP contribution in [0.25, 0.3) is 0 Å². The van der Waals surface area contributed by atoms with Crippen LogP contribution in [0, 0.1) is 20.8 Å². The van der Waals surface area contributed by atoms with Gasteiger partial charge in [0.05, 0.1) is 0 Å². The zero-order valence-electron chi connectivity index (χ0n) is 12.1. The summed E-state index contributed by atoms with van der Waals surface area (Å²) in [5.41, 5.74) is 4.43. The molecule has 0 unspecified atom stereocenters. The number of hydrogen-bond acceptors (Lipinski definition) is 2. The first kappa shape index (κ1) is 14.8.